The topological polar surface area (TPSA) is 65.6 Å². The van der Waals surface area contributed by atoms with Crippen molar-refractivity contribution in [3.05, 3.63) is 24.0 Å². The molecule has 0 aliphatic carbocycles. The van der Waals surface area contributed by atoms with Gasteiger partial charge in [-0.15, -0.1) is 0 Å². The Balaban J connectivity index is 1.93. The van der Waals surface area contributed by atoms with Crippen LogP contribution >= 0.6 is 0 Å². The highest BCUT2D eigenvalue weighted by Crippen LogP contribution is 2.09. The predicted molar refractivity (Wildman–Crippen MR) is 69.9 cm³/mol. The maximum absolute atomic E-state index is 12.2. The lowest BCUT2D eigenvalue weighted by atomic mass is 10.3. The molecule has 0 radical (unpaired) electrons. The molecular formula is C13H19N3O3. The van der Waals surface area contributed by atoms with E-state index >= 15 is 0 Å². The number of carbonyl (C=O) groups excluding carboxylic acids is 2. The van der Waals surface area contributed by atoms with Crippen LogP contribution in [0.2, 0.25) is 0 Å². The molecule has 0 unspecified atom stereocenters. The number of hydrogen-bond donors (Lipinski definition) is 1. The number of hydrogen-bond acceptors (Lipinski definition) is 3. The fourth-order valence-electron chi connectivity index (χ4n) is 2.16. The Morgan fingerprint density at radius 1 is 1.26 bits per heavy atom. The van der Waals surface area contributed by atoms with Crippen LogP contribution in [-0.4, -0.2) is 59.6 Å². The van der Waals surface area contributed by atoms with E-state index in [1.165, 1.54) is 0 Å². The molecule has 6 nitrogen and oxygen atoms in total. The number of nitrogens with zero attached hydrogens (tertiary/aromatic N) is 2. The summed E-state index contributed by atoms with van der Waals surface area (Å²) in [6.45, 7) is 4.53. The summed E-state index contributed by atoms with van der Waals surface area (Å²) in [5, 5.41) is 0. The molecule has 1 aromatic rings. The van der Waals surface area contributed by atoms with Crippen LogP contribution in [0.4, 0.5) is 4.79 Å². The summed E-state index contributed by atoms with van der Waals surface area (Å²) >= 11 is 0. The van der Waals surface area contributed by atoms with Crippen molar-refractivity contribution < 1.29 is 14.3 Å². The van der Waals surface area contributed by atoms with Gasteiger partial charge in [0.2, 0.25) is 0 Å². The third-order valence-electron chi connectivity index (χ3n) is 3.15. The molecule has 1 fully saturated rings. The van der Waals surface area contributed by atoms with Crippen LogP contribution < -0.4 is 0 Å². The van der Waals surface area contributed by atoms with Gasteiger partial charge < -0.3 is 19.5 Å². The van der Waals surface area contributed by atoms with Gasteiger partial charge in [0.15, 0.2) is 0 Å². The van der Waals surface area contributed by atoms with Gasteiger partial charge in [-0.2, -0.15) is 0 Å². The first-order valence-corrected chi connectivity index (χ1v) is 6.56. The second-order valence-electron chi connectivity index (χ2n) is 4.43. The molecule has 0 bridgehead atoms. The molecule has 0 saturated carbocycles. The summed E-state index contributed by atoms with van der Waals surface area (Å²) in [7, 11) is 0. The monoisotopic (exact) mass is 265 g/mol. The van der Waals surface area contributed by atoms with Crippen LogP contribution in [0.3, 0.4) is 0 Å². The van der Waals surface area contributed by atoms with Gasteiger partial charge in [0.25, 0.3) is 5.91 Å². The molecule has 1 aromatic heterocycles. The van der Waals surface area contributed by atoms with Crippen molar-refractivity contribution in [3.63, 3.8) is 0 Å². The van der Waals surface area contributed by atoms with E-state index in [9.17, 15) is 9.59 Å². The zero-order valence-electron chi connectivity index (χ0n) is 11.1. The third kappa shape index (κ3) is 3.27. The van der Waals surface area contributed by atoms with Gasteiger partial charge in [0.05, 0.1) is 12.2 Å². The molecule has 19 heavy (non-hydrogen) atoms. The Kier molecular flexibility index (Phi) is 4.43. The van der Waals surface area contributed by atoms with Crippen molar-refractivity contribution in [1.29, 1.82) is 0 Å². The molecule has 0 spiro atoms. The van der Waals surface area contributed by atoms with Crippen LogP contribution in [-0.2, 0) is 4.74 Å². The van der Waals surface area contributed by atoms with Crippen molar-refractivity contribution in [2.45, 2.75) is 13.3 Å². The zero-order chi connectivity index (χ0) is 13.7. The van der Waals surface area contributed by atoms with Crippen LogP contribution in [0.1, 0.15) is 23.7 Å². The van der Waals surface area contributed by atoms with E-state index in [0.29, 0.717) is 38.3 Å². The molecule has 1 N–H and O–H groups in total. The van der Waals surface area contributed by atoms with E-state index in [-0.39, 0.29) is 12.0 Å². The Labute approximate surface area is 112 Å². The van der Waals surface area contributed by atoms with Gasteiger partial charge >= 0.3 is 6.09 Å². The lowest BCUT2D eigenvalue weighted by Crippen LogP contribution is -2.37. The molecule has 6 heteroatoms. The standard InChI is InChI=1S/C13H19N3O3/c1-2-19-13(18)16-7-3-6-15(8-9-16)12(17)11-4-5-14-10-11/h4-5,10,14H,2-3,6-9H2,1H3. The largest absolute Gasteiger partial charge is 0.450 e. The average molecular weight is 265 g/mol. The molecule has 2 heterocycles. The second-order valence-corrected chi connectivity index (χ2v) is 4.43. The van der Waals surface area contributed by atoms with Gasteiger partial charge in [-0.05, 0) is 19.4 Å². The molecular weight excluding hydrogens is 246 g/mol. The van der Waals surface area contributed by atoms with Gasteiger partial charge in [0, 0.05) is 38.6 Å². The first-order chi connectivity index (χ1) is 9.22. The Hall–Kier alpha value is -1.98. The number of aromatic amines is 1. The van der Waals surface area contributed by atoms with E-state index < -0.39 is 0 Å². The van der Waals surface area contributed by atoms with E-state index in [1.807, 2.05) is 0 Å². The first kappa shape index (κ1) is 13.5. The van der Waals surface area contributed by atoms with Crippen molar-refractivity contribution >= 4 is 12.0 Å². The van der Waals surface area contributed by atoms with Crippen LogP contribution in [0, 0.1) is 0 Å². The summed E-state index contributed by atoms with van der Waals surface area (Å²) < 4.78 is 4.98. The summed E-state index contributed by atoms with van der Waals surface area (Å²) in [6, 6.07) is 1.76. The lowest BCUT2D eigenvalue weighted by Gasteiger charge is -2.21. The smallest absolute Gasteiger partial charge is 0.409 e. The average Bonchev–Trinajstić information content (AvgIpc) is 2.82. The van der Waals surface area contributed by atoms with E-state index in [4.69, 9.17) is 4.74 Å². The maximum Gasteiger partial charge on any atom is 0.409 e. The van der Waals surface area contributed by atoms with Crippen LogP contribution in [0.5, 0.6) is 0 Å². The second kappa shape index (κ2) is 6.26. The predicted octanol–water partition coefficient (Wildman–Crippen LogP) is 1.32. The van der Waals surface area contributed by atoms with Crippen molar-refractivity contribution in [3.8, 4) is 0 Å². The van der Waals surface area contributed by atoms with Crippen LogP contribution in [0.25, 0.3) is 0 Å². The molecule has 104 valence electrons. The summed E-state index contributed by atoms with van der Waals surface area (Å²) in [6.07, 6.45) is 3.90. The fourth-order valence-corrected chi connectivity index (χ4v) is 2.16. The molecule has 1 saturated heterocycles. The summed E-state index contributed by atoms with van der Waals surface area (Å²) in [4.78, 5) is 30.2. The maximum atomic E-state index is 12.2. The minimum Gasteiger partial charge on any atom is -0.450 e. The highest BCUT2D eigenvalue weighted by atomic mass is 16.6. The van der Waals surface area contributed by atoms with Gasteiger partial charge in [0.1, 0.15) is 0 Å². The Morgan fingerprint density at radius 2 is 2.00 bits per heavy atom. The molecule has 1 aliphatic rings. The molecule has 0 atom stereocenters. The lowest BCUT2D eigenvalue weighted by molar-refractivity contribution is 0.0753. The summed E-state index contributed by atoms with van der Waals surface area (Å²) in [5.74, 6) is 0.00644. The first-order valence-electron chi connectivity index (χ1n) is 6.56. The number of rotatable bonds is 2. The minimum atomic E-state index is -0.293. The Bertz CT molecular complexity index is 430. The van der Waals surface area contributed by atoms with E-state index in [1.54, 1.807) is 35.2 Å². The summed E-state index contributed by atoms with van der Waals surface area (Å²) in [5.41, 5.74) is 0.657. The number of amides is 2. The van der Waals surface area contributed by atoms with Gasteiger partial charge in [-0.25, -0.2) is 4.79 Å². The fraction of sp³-hybridized carbons (Fsp3) is 0.538. The molecule has 2 amide bonds. The highest BCUT2D eigenvalue weighted by molar-refractivity contribution is 5.94. The zero-order valence-corrected chi connectivity index (χ0v) is 11.1. The molecule has 1 aliphatic heterocycles. The highest BCUT2D eigenvalue weighted by Gasteiger charge is 2.23. The van der Waals surface area contributed by atoms with E-state index in [2.05, 4.69) is 4.98 Å². The number of aromatic nitrogens is 1. The van der Waals surface area contributed by atoms with Crippen molar-refractivity contribution in [2.24, 2.45) is 0 Å². The van der Waals surface area contributed by atoms with Crippen molar-refractivity contribution in [2.75, 3.05) is 32.8 Å². The third-order valence-corrected chi connectivity index (χ3v) is 3.15. The Morgan fingerprint density at radius 3 is 2.68 bits per heavy atom. The van der Waals surface area contributed by atoms with Crippen molar-refractivity contribution in [1.82, 2.24) is 14.8 Å². The molecule has 2 rings (SSSR count). The molecule has 0 aromatic carbocycles. The number of nitrogens with one attached hydrogen (secondary N) is 1. The van der Waals surface area contributed by atoms with E-state index in [0.717, 1.165) is 6.42 Å². The number of ether oxygens (including phenoxy) is 1. The number of carbonyl (C=O) groups is 2. The quantitative estimate of drug-likeness (QED) is 0.877. The van der Waals surface area contributed by atoms with Crippen LogP contribution in [0.15, 0.2) is 18.5 Å². The SMILES string of the molecule is CCOC(=O)N1CCCN(C(=O)c2cc[nH]c2)CC1. The number of H-pyrrole nitrogens is 1. The normalized spacial score (nSPS) is 16.1. The minimum absolute atomic E-state index is 0.00644. The van der Waals surface area contributed by atoms with Gasteiger partial charge in [-0.3, -0.25) is 4.79 Å². The van der Waals surface area contributed by atoms with Gasteiger partial charge in [-0.1, -0.05) is 0 Å².